The number of hydrogen-bond donors (Lipinski definition) is 1. The second-order valence-electron chi connectivity index (χ2n) is 2.89. The number of Topliss-reactive ketones (excluding diaryl/α,β-unsaturated/α-hetero) is 1. The Bertz CT molecular complexity index is 115. The van der Waals surface area contributed by atoms with Crippen molar-refractivity contribution in [2.75, 3.05) is 18.1 Å². The van der Waals surface area contributed by atoms with Crippen molar-refractivity contribution in [2.24, 2.45) is 0 Å². The molecule has 0 aromatic carbocycles. The van der Waals surface area contributed by atoms with Crippen LogP contribution < -0.4 is 0 Å². The number of aliphatic hydroxyl groups is 1. The van der Waals surface area contributed by atoms with Crippen LogP contribution in [-0.4, -0.2) is 29.0 Å². The number of unbranched alkanes of at least 4 members (excludes halogenated alkanes) is 3. The molecule has 0 heterocycles. The highest BCUT2D eigenvalue weighted by Gasteiger charge is 1.93. The summed E-state index contributed by atoms with van der Waals surface area (Å²) in [6.45, 7) is 1.93. The average molecular weight is 190 g/mol. The molecule has 0 aliphatic carbocycles. The van der Waals surface area contributed by atoms with Crippen molar-refractivity contribution in [1.29, 1.82) is 0 Å². The number of hydrogen-bond acceptors (Lipinski definition) is 3. The normalized spacial score (nSPS) is 10.2. The van der Waals surface area contributed by atoms with Crippen LogP contribution in [0.2, 0.25) is 0 Å². The Kier molecular flexibility index (Phi) is 9.06. The molecule has 0 rings (SSSR count). The summed E-state index contributed by atoms with van der Waals surface area (Å²) in [5, 5.41) is 8.49. The molecular weight excluding hydrogens is 172 g/mol. The number of rotatable bonds is 8. The summed E-state index contributed by atoms with van der Waals surface area (Å²) in [7, 11) is 0. The molecule has 2 nitrogen and oxygen atoms in total. The fourth-order valence-electron chi connectivity index (χ4n) is 0.885. The van der Waals surface area contributed by atoms with Gasteiger partial charge < -0.3 is 5.11 Å². The Morgan fingerprint density at radius 1 is 1.25 bits per heavy atom. The molecule has 0 saturated carbocycles. The maximum absolute atomic E-state index is 10.5. The Labute approximate surface area is 78.7 Å². The average Bonchev–Trinajstić information content (AvgIpc) is 2.02. The standard InChI is InChI=1S/C9H18O2S/c1-9(11)8-12-7-5-3-2-4-6-10/h10H,2-8H2,1H3. The van der Waals surface area contributed by atoms with Crippen LogP contribution in [0.5, 0.6) is 0 Å². The van der Waals surface area contributed by atoms with Crippen molar-refractivity contribution >= 4 is 17.5 Å². The SMILES string of the molecule is CC(=O)CSCCCCCCO. The van der Waals surface area contributed by atoms with E-state index in [-0.39, 0.29) is 5.78 Å². The quantitative estimate of drug-likeness (QED) is 0.594. The van der Waals surface area contributed by atoms with Crippen molar-refractivity contribution in [3.8, 4) is 0 Å². The van der Waals surface area contributed by atoms with Gasteiger partial charge in [0.1, 0.15) is 5.78 Å². The first kappa shape index (κ1) is 12.0. The molecule has 0 radical (unpaired) electrons. The lowest BCUT2D eigenvalue weighted by Crippen LogP contribution is -1.94. The number of carbonyl (C=O) groups excluding carboxylic acids is 1. The lowest BCUT2D eigenvalue weighted by molar-refractivity contribution is -0.114. The molecule has 0 spiro atoms. The zero-order chi connectivity index (χ0) is 9.23. The lowest BCUT2D eigenvalue weighted by atomic mass is 10.2. The number of ketones is 1. The van der Waals surface area contributed by atoms with Gasteiger partial charge in [-0.25, -0.2) is 0 Å². The van der Waals surface area contributed by atoms with Gasteiger partial charge in [0.05, 0.1) is 5.75 Å². The monoisotopic (exact) mass is 190 g/mol. The van der Waals surface area contributed by atoms with Crippen molar-refractivity contribution < 1.29 is 9.90 Å². The van der Waals surface area contributed by atoms with Crippen LogP contribution in [0.15, 0.2) is 0 Å². The highest BCUT2D eigenvalue weighted by molar-refractivity contribution is 7.99. The highest BCUT2D eigenvalue weighted by atomic mass is 32.2. The van der Waals surface area contributed by atoms with E-state index in [0.717, 1.165) is 25.0 Å². The molecule has 0 fully saturated rings. The molecule has 0 aliphatic rings. The van der Waals surface area contributed by atoms with Crippen molar-refractivity contribution in [2.45, 2.75) is 32.6 Å². The molecule has 1 N–H and O–H groups in total. The van der Waals surface area contributed by atoms with Gasteiger partial charge in [-0.2, -0.15) is 11.8 Å². The number of aliphatic hydroxyl groups excluding tert-OH is 1. The topological polar surface area (TPSA) is 37.3 Å². The van der Waals surface area contributed by atoms with Crippen LogP contribution in [0.3, 0.4) is 0 Å². The van der Waals surface area contributed by atoms with Gasteiger partial charge in [-0.05, 0) is 25.5 Å². The third-order valence-electron chi connectivity index (χ3n) is 1.50. The highest BCUT2D eigenvalue weighted by Crippen LogP contribution is 2.07. The van der Waals surface area contributed by atoms with E-state index in [1.54, 1.807) is 18.7 Å². The molecule has 0 bridgehead atoms. The van der Waals surface area contributed by atoms with E-state index in [9.17, 15) is 4.79 Å². The van der Waals surface area contributed by atoms with Gasteiger partial charge in [0.2, 0.25) is 0 Å². The van der Waals surface area contributed by atoms with Gasteiger partial charge >= 0.3 is 0 Å². The molecule has 0 amide bonds. The smallest absolute Gasteiger partial charge is 0.139 e. The number of thioether (sulfide) groups is 1. The first-order valence-corrected chi connectivity index (χ1v) is 5.61. The molecule has 3 heteroatoms. The summed E-state index contributed by atoms with van der Waals surface area (Å²) < 4.78 is 0. The van der Waals surface area contributed by atoms with E-state index in [2.05, 4.69) is 0 Å². The molecule has 0 unspecified atom stereocenters. The Balaban J connectivity index is 2.86. The van der Waals surface area contributed by atoms with E-state index in [1.807, 2.05) is 0 Å². The van der Waals surface area contributed by atoms with Gasteiger partial charge in [-0.15, -0.1) is 0 Å². The summed E-state index contributed by atoms with van der Waals surface area (Å²) in [5.74, 6) is 1.99. The van der Waals surface area contributed by atoms with Crippen LogP contribution in [0.4, 0.5) is 0 Å². The van der Waals surface area contributed by atoms with Gasteiger partial charge in [-0.1, -0.05) is 12.8 Å². The van der Waals surface area contributed by atoms with Crippen LogP contribution in [0.1, 0.15) is 32.6 Å². The summed E-state index contributed by atoms with van der Waals surface area (Å²) in [6, 6.07) is 0. The van der Waals surface area contributed by atoms with Crippen molar-refractivity contribution in [3.63, 3.8) is 0 Å². The van der Waals surface area contributed by atoms with Crippen LogP contribution in [0, 0.1) is 0 Å². The van der Waals surface area contributed by atoms with Gasteiger partial charge in [0.15, 0.2) is 0 Å². The largest absolute Gasteiger partial charge is 0.396 e. The van der Waals surface area contributed by atoms with E-state index >= 15 is 0 Å². The minimum atomic E-state index is 0.260. The fraction of sp³-hybridized carbons (Fsp3) is 0.889. The summed E-state index contributed by atoms with van der Waals surface area (Å²) in [6.07, 6.45) is 4.36. The van der Waals surface area contributed by atoms with Gasteiger partial charge in [0.25, 0.3) is 0 Å². The lowest BCUT2D eigenvalue weighted by Gasteiger charge is -1.98. The first-order valence-electron chi connectivity index (χ1n) is 4.45. The fourth-order valence-corrected chi connectivity index (χ4v) is 1.73. The predicted molar refractivity (Wildman–Crippen MR) is 53.6 cm³/mol. The summed E-state index contributed by atoms with van der Waals surface area (Å²) in [4.78, 5) is 10.5. The zero-order valence-corrected chi connectivity index (χ0v) is 8.53. The maximum Gasteiger partial charge on any atom is 0.139 e. The minimum absolute atomic E-state index is 0.260. The van der Waals surface area contributed by atoms with E-state index < -0.39 is 0 Å². The van der Waals surface area contributed by atoms with Crippen LogP contribution in [-0.2, 0) is 4.79 Å². The molecule has 0 saturated heterocycles. The molecule has 0 aromatic heterocycles. The van der Waals surface area contributed by atoms with Crippen molar-refractivity contribution in [3.05, 3.63) is 0 Å². The zero-order valence-electron chi connectivity index (χ0n) is 7.71. The third-order valence-corrected chi connectivity index (χ3v) is 2.69. The second kappa shape index (κ2) is 9.07. The second-order valence-corrected chi connectivity index (χ2v) is 4.00. The molecule has 0 aromatic rings. The van der Waals surface area contributed by atoms with Gasteiger partial charge in [0, 0.05) is 6.61 Å². The van der Waals surface area contributed by atoms with E-state index in [1.165, 1.54) is 6.42 Å². The molecule has 12 heavy (non-hydrogen) atoms. The predicted octanol–water partition coefficient (Wildman–Crippen LogP) is 1.86. The molecular formula is C9H18O2S. The van der Waals surface area contributed by atoms with Crippen LogP contribution in [0.25, 0.3) is 0 Å². The Morgan fingerprint density at radius 2 is 1.92 bits per heavy atom. The molecule has 0 atom stereocenters. The number of carbonyl (C=O) groups is 1. The minimum Gasteiger partial charge on any atom is -0.396 e. The third kappa shape index (κ3) is 9.98. The molecule has 72 valence electrons. The molecule has 0 aliphatic heterocycles. The Hall–Kier alpha value is -0.0200. The summed E-state index contributed by atoms with van der Waals surface area (Å²) >= 11 is 1.71. The summed E-state index contributed by atoms with van der Waals surface area (Å²) in [5.41, 5.74) is 0. The maximum atomic E-state index is 10.5. The Morgan fingerprint density at radius 3 is 2.50 bits per heavy atom. The van der Waals surface area contributed by atoms with Gasteiger partial charge in [-0.3, -0.25) is 4.79 Å². The van der Waals surface area contributed by atoms with Crippen LogP contribution >= 0.6 is 11.8 Å². The van der Waals surface area contributed by atoms with E-state index in [0.29, 0.717) is 12.4 Å². The van der Waals surface area contributed by atoms with E-state index in [4.69, 9.17) is 5.11 Å². The van der Waals surface area contributed by atoms with Crippen molar-refractivity contribution in [1.82, 2.24) is 0 Å². The first-order chi connectivity index (χ1) is 5.77.